The van der Waals surface area contributed by atoms with Crippen molar-refractivity contribution in [3.63, 3.8) is 0 Å². The van der Waals surface area contributed by atoms with Gasteiger partial charge in [-0.05, 0) is 50.1 Å². The third-order valence-electron chi connectivity index (χ3n) is 7.90. The molecular formula is C31H34N6O4. The predicted molar refractivity (Wildman–Crippen MR) is 158 cm³/mol. The maximum atomic E-state index is 13.3. The summed E-state index contributed by atoms with van der Waals surface area (Å²) in [7, 11) is 1.78. The van der Waals surface area contributed by atoms with Crippen LogP contribution in [0.1, 0.15) is 47.4 Å². The van der Waals surface area contributed by atoms with Crippen molar-refractivity contribution in [3.8, 4) is 5.75 Å². The first-order valence-corrected chi connectivity index (χ1v) is 14.1. The molecule has 0 bridgehead atoms. The molecule has 3 amide bonds. The second-order valence-electron chi connectivity index (χ2n) is 10.6. The Hall–Kier alpha value is -4.60. The maximum absolute atomic E-state index is 13.3. The van der Waals surface area contributed by atoms with Gasteiger partial charge < -0.3 is 29.7 Å². The minimum absolute atomic E-state index is 0.0280. The fourth-order valence-corrected chi connectivity index (χ4v) is 5.55. The Kier molecular flexibility index (Phi) is 6.98. The van der Waals surface area contributed by atoms with Gasteiger partial charge in [0.15, 0.2) is 0 Å². The van der Waals surface area contributed by atoms with Gasteiger partial charge in [0, 0.05) is 57.8 Å². The van der Waals surface area contributed by atoms with E-state index in [0.717, 1.165) is 29.9 Å². The average molecular weight is 555 g/mol. The van der Waals surface area contributed by atoms with E-state index >= 15 is 0 Å². The van der Waals surface area contributed by atoms with E-state index in [-0.39, 0.29) is 17.7 Å². The Morgan fingerprint density at radius 3 is 2.41 bits per heavy atom. The highest BCUT2D eigenvalue weighted by Crippen LogP contribution is 2.47. The van der Waals surface area contributed by atoms with E-state index < -0.39 is 0 Å². The minimum Gasteiger partial charge on any atom is -0.492 e. The quantitative estimate of drug-likeness (QED) is 0.482. The molecule has 10 heteroatoms. The molecule has 3 aromatic rings. The number of para-hydroxylation sites is 1. The van der Waals surface area contributed by atoms with E-state index in [2.05, 4.69) is 15.2 Å². The lowest BCUT2D eigenvalue weighted by atomic mass is 10.1. The first-order chi connectivity index (χ1) is 19.9. The molecule has 1 aliphatic carbocycles. The Balaban J connectivity index is 1.29. The Bertz CT molecular complexity index is 1510. The molecule has 41 heavy (non-hydrogen) atoms. The van der Waals surface area contributed by atoms with Crippen LogP contribution in [0.5, 0.6) is 5.75 Å². The van der Waals surface area contributed by atoms with Crippen molar-refractivity contribution in [3.05, 3.63) is 65.9 Å². The number of pyridine rings is 1. The number of carbonyl (C=O) groups is 3. The Morgan fingerprint density at radius 2 is 1.71 bits per heavy atom. The summed E-state index contributed by atoms with van der Waals surface area (Å²) in [6, 6.07) is 15.4. The largest absolute Gasteiger partial charge is 0.492 e. The smallest absolute Gasteiger partial charge is 0.260 e. The molecule has 2 aromatic carbocycles. The van der Waals surface area contributed by atoms with Crippen LogP contribution in [0.4, 0.5) is 28.6 Å². The number of hydrogen-bond donors (Lipinski definition) is 1. The number of nitrogens with one attached hydrogen (secondary N) is 1. The molecule has 6 rings (SSSR count). The van der Waals surface area contributed by atoms with E-state index in [4.69, 9.17) is 4.74 Å². The number of carbonyl (C=O) groups excluding carboxylic acids is 3. The van der Waals surface area contributed by atoms with Gasteiger partial charge >= 0.3 is 0 Å². The highest BCUT2D eigenvalue weighted by molar-refractivity contribution is 6.13. The standard InChI is InChI=1S/C31H34N6O4/c1-4-41-28-17-21(30(39)36-15-13-35(14-16-36)20(2)38)9-12-24(28)33-29-18-26-27(19-32-29)34(3)31(40)23-7-5-6-8-25(23)37(26)22-10-11-22/h5-9,12,17-19,22H,4,10-11,13-16H2,1-3H3,(H,32,33). The normalized spacial score (nSPS) is 16.6. The number of nitrogens with zero attached hydrogens (tertiary/aromatic N) is 5. The number of fused-ring (bicyclic) bond motifs is 2. The fraction of sp³-hybridized carbons (Fsp3) is 0.355. The molecule has 2 aliphatic heterocycles. The van der Waals surface area contributed by atoms with Crippen LogP contribution in [-0.2, 0) is 4.79 Å². The number of anilines is 5. The Labute approximate surface area is 239 Å². The van der Waals surface area contributed by atoms with Gasteiger partial charge in [-0.3, -0.25) is 14.4 Å². The summed E-state index contributed by atoms with van der Waals surface area (Å²) in [5.41, 5.74) is 4.47. The molecule has 0 atom stereocenters. The molecule has 3 heterocycles. The number of amides is 3. The summed E-state index contributed by atoms with van der Waals surface area (Å²) >= 11 is 0. The zero-order valence-electron chi connectivity index (χ0n) is 23.6. The summed E-state index contributed by atoms with van der Waals surface area (Å²) in [5.74, 6) is 1.04. The number of aromatic nitrogens is 1. The van der Waals surface area contributed by atoms with E-state index in [1.807, 2.05) is 43.3 Å². The maximum Gasteiger partial charge on any atom is 0.260 e. The monoisotopic (exact) mass is 554 g/mol. The van der Waals surface area contributed by atoms with Gasteiger partial charge in [-0.2, -0.15) is 0 Å². The summed E-state index contributed by atoms with van der Waals surface area (Å²) in [6.45, 7) is 5.95. The van der Waals surface area contributed by atoms with Crippen molar-refractivity contribution < 1.29 is 19.1 Å². The van der Waals surface area contributed by atoms with Gasteiger partial charge in [-0.15, -0.1) is 0 Å². The van der Waals surface area contributed by atoms with Crippen molar-refractivity contribution in [2.24, 2.45) is 0 Å². The minimum atomic E-state index is -0.0877. The summed E-state index contributed by atoms with van der Waals surface area (Å²) < 4.78 is 5.94. The van der Waals surface area contributed by atoms with Gasteiger partial charge in [0.25, 0.3) is 11.8 Å². The number of hydrogen-bond acceptors (Lipinski definition) is 7. The lowest BCUT2D eigenvalue weighted by molar-refractivity contribution is -0.130. The van der Waals surface area contributed by atoms with E-state index in [9.17, 15) is 14.4 Å². The van der Waals surface area contributed by atoms with Crippen LogP contribution in [0.25, 0.3) is 0 Å². The highest BCUT2D eigenvalue weighted by Gasteiger charge is 2.37. The molecule has 1 saturated carbocycles. The molecule has 0 unspecified atom stereocenters. The molecule has 10 nitrogen and oxygen atoms in total. The van der Waals surface area contributed by atoms with Gasteiger partial charge in [0.05, 0.1) is 41.1 Å². The van der Waals surface area contributed by atoms with Crippen molar-refractivity contribution in [1.29, 1.82) is 0 Å². The second-order valence-corrected chi connectivity index (χ2v) is 10.6. The van der Waals surface area contributed by atoms with Crippen molar-refractivity contribution in [1.82, 2.24) is 14.8 Å². The van der Waals surface area contributed by atoms with Crippen LogP contribution < -0.4 is 19.9 Å². The molecule has 0 spiro atoms. The second kappa shape index (κ2) is 10.8. The molecule has 0 radical (unpaired) electrons. The molecule has 1 N–H and O–H groups in total. The molecule has 212 valence electrons. The zero-order chi connectivity index (χ0) is 28.7. The SMILES string of the molecule is CCOc1cc(C(=O)N2CCN(C(C)=O)CC2)ccc1Nc1cc2c(cn1)N(C)C(=O)c1ccccc1N2C1CC1. The third kappa shape index (κ3) is 5.05. The van der Waals surface area contributed by atoms with Gasteiger partial charge in [0.1, 0.15) is 11.6 Å². The summed E-state index contributed by atoms with van der Waals surface area (Å²) in [4.78, 5) is 50.3. The number of piperazine rings is 1. The van der Waals surface area contributed by atoms with Crippen LogP contribution in [0.15, 0.2) is 54.7 Å². The first-order valence-electron chi connectivity index (χ1n) is 14.1. The lowest BCUT2D eigenvalue weighted by Crippen LogP contribution is -2.50. The van der Waals surface area contributed by atoms with Gasteiger partial charge in [-0.1, -0.05) is 12.1 Å². The molecule has 1 saturated heterocycles. The van der Waals surface area contributed by atoms with Crippen molar-refractivity contribution >= 4 is 46.3 Å². The Morgan fingerprint density at radius 1 is 0.976 bits per heavy atom. The van der Waals surface area contributed by atoms with Crippen LogP contribution in [0.2, 0.25) is 0 Å². The van der Waals surface area contributed by atoms with Crippen LogP contribution in [-0.4, -0.2) is 78.4 Å². The molecule has 1 aromatic heterocycles. The topological polar surface area (TPSA) is 98.3 Å². The summed E-state index contributed by atoms with van der Waals surface area (Å²) in [5, 5.41) is 3.39. The third-order valence-corrected chi connectivity index (χ3v) is 7.90. The molecule has 2 fully saturated rings. The highest BCUT2D eigenvalue weighted by atomic mass is 16.5. The number of rotatable bonds is 6. The zero-order valence-corrected chi connectivity index (χ0v) is 23.6. The first kappa shape index (κ1) is 26.6. The molecular weight excluding hydrogens is 520 g/mol. The lowest BCUT2D eigenvalue weighted by Gasteiger charge is -2.34. The van der Waals surface area contributed by atoms with Crippen LogP contribution in [0, 0.1) is 0 Å². The van der Waals surface area contributed by atoms with Crippen LogP contribution in [0.3, 0.4) is 0 Å². The van der Waals surface area contributed by atoms with Gasteiger partial charge in [0.2, 0.25) is 5.91 Å². The van der Waals surface area contributed by atoms with E-state index in [0.29, 0.717) is 67.2 Å². The predicted octanol–water partition coefficient (Wildman–Crippen LogP) is 4.42. The summed E-state index contributed by atoms with van der Waals surface area (Å²) in [6.07, 6.45) is 3.85. The van der Waals surface area contributed by atoms with E-state index in [1.54, 1.807) is 47.0 Å². The van der Waals surface area contributed by atoms with Crippen molar-refractivity contribution in [2.45, 2.75) is 32.7 Å². The van der Waals surface area contributed by atoms with Crippen LogP contribution >= 0.6 is 0 Å². The van der Waals surface area contributed by atoms with Gasteiger partial charge in [-0.25, -0.2) is 4.98 Å². The average Bonchev–Trinajstić information content (AvgIpc) is 3.83. The van der Waals surface area contributed by atoms with E-state index in [1.165, 1.54) is 0 Å². The fourth-order valence-electron chi connectivity index (χ4n) is 5.55. The number of ether oxygens (including phenoxy) is 1. The van der Waals surface area contributed by atoms with Crippen molar-refractivity contribution in [2.75, 3.05) is 55.0 Å². The molecule has 3 aliphatic rings. The number of benzene rings is 2.